The Bertz CT molecular complexity index is 323. The highest BCUT2D eigenvalue weighted by molar-refractivity contribution is 7.99. The van der Waals surface area contributed by atoms with E-state index in [0.717, 1.165) is 25.5 Å². The van der Waals surface area contributed by atoms with Gasteiger partial charge in [-0.25, -0.2) is 4.98 Å². The lowest BCUT2D eigenvalue weighted by atomic mass is 10.2. The summed E-state index contributed by atoms with van der Waals surface area (Å²) in [6.45, 7) is 1.77. The number of hydrogen-bond donors (Lipinski definition) is 1. The summed E-state index contributed by atoms with van der Waals surface area (Å²) in [5.41, 5.74) is 0. The van der Waals surface area contributed by atoms with Crippen LogP contribution in [0.15, 0.2) is 12.4 Å². The van der Waals surface area contributed by atoms with Gasteiger partial charge < -0.3 is 14.6 Å². The lowest BCUT2D eigenvalue weighted by molar-refractivity contribution is 0.190. The van der Waals surface area contributed by atoms with Crippen LogP contribution in [0, 0.1) is 0 Å². The monoisotopic (exact) mass is 255 g/mol. The van der Waals surface area contributed by atoms with Crippen molar-refractivity contribution in [2.75, 3.05) is 30.5 Å². The van der Waals surface area contributed by atoms with E-state index >= 15 is 0 Å². The quantitative estimate of drug-likeness (QED) is 0.791. The van der Waals surface area contributed by atoms with E-state index in [1.54, 1.807) is 7.11 Å². The van der Waals surface area contributed by atoms with Crippen molar-refractivity contribution in [3.05, 3.63) is 12.4 Å². The van der Waals surface area contributed by atoms with E-state index in [-0.39, 0.29) is 0 Å². The van der Waals surface area contributed by atoms with E-state index in [1.807, 2.05) is 24.2 Å². The Morgan fingerprint density at radius 1 is 1.53 bits per heavy atom. The minimum Gasteiger partial charge on any atom is -0.385 e. The fraction of sp³-hybridized carbons (Fsp3) is 0.750. The number of imidazole rings is 1. The van der Waals surface area contributed by atoms with Gasteiger partial charge in [0.15, 0.2) is 0 Å². The Morgan fingerprint density at radius 2 is 2.35 bits per heavy atom. The molecule has 96 valence electrons. The Hall–Kier alpha value is -0.680. The van der Waals surface area contributed by atoms with Gasteiger partial charge in [0.25, 0.3) is 0 Å². The number of nitrogens with one attached hydrogen (secondary N) is 1. The number of anilines is 1. The van der Waals surface area contributed by atoms with Gasteiger partial charge in [0, 0.05) is 38.7 Å². The van der Waals surface area contributed by atoms with Crippen LogP contribution >= 0.6 is 11.8 Å². The molecule has 0 amide bonds. The number of nitrogens with zero attached hydrogens (tertiary/aromatic N) is 2. The topological polar surface area (TPSA) is 39.1 Å². The fourth-order valence-corrected chi connectivity index (χ4v) is 3.14. The summed E-state index contributed by atoms with van der Waals surface area (Å²) < 4.78 is 7.25. The number of aromatic nitrogens is 2. The number of rotatable bonds is 6. The Balaban J connectivity index is 1.84. The zero-order valence-electron chi connectivity index (χ0n) is 10.4. The molecule has 1 aliphatic rings. The van der Waals surface area contributed by atoms with Gasteiger partial charge in [0.2, 0.25) is 5.95 Å². The molecule has 0 saturated carbocycles. The second kappa shape index (κ2) is 6.91. The molecule has 1 aliphatic heterocycles. The highest BCUT2D eigenvalue weighted by atomic mass is 32.2. The first-order chi connectivity index (χ1) is 8.40. The van der Waals surface area contributed by atoms with Crippen molar-refractivity contribution in [3.63, 3.8) is 0 Å². The molecular formula is C12H21N3OS. The molecule has 0 aliphatic carbocycles. The largest absolute Gasteiger partial charge is 0.385 e. The normalized spacial score (nSPS) is 17.2. The van der Waals surface area contributed by atoms with Crippen molar-refractivity contribution >= 4 is 17.7 Å². The molecule has 2 heterocycles. The molecule has 2 rings (SSSR count). The van der Waals surface area contributed by atoms with E-state index in [1.165, 1.54) is 24.3 Å². The van der Waals surface area contributed by atoms with Gasteiger partial charge >= 0.3 is 0 Å². The van der Waals surface area contributed by atoms with Crippen LogP contribution in [-0.4, -0.2) is 40.8 Å². The van der Waals surface area contributed by atoms with E-state index in [2.05, 4.69) is 14.9 Å². The fourth-order valence-electron chi connectivity index (χ4n) is 2.03. The minimum absolute atomic E-state index is 0.597. The zero-order valence-corrected chi connectivity index (χ0v) is 11.2. The highest BCUT2D eigenvalue weighted by Crippen LogP contribution is 2.20. The van der Waals surface area contributed by atoms with Crippen molar-refractivity contribution < 1.29 is 4.74 Å². The summed E-state index contributed by atoms with van der Waals surface area (Å²) in [6.07, 6.45) is 7.43. The molecule has 1 fully saturated rings. The van der Waals surface area contributed by atoms with Crippen LogP contribution < -0.4 is 5.32 Å². The molecule has 0 aromatic carbocycles. The predicted molar refractivity (Wildman–Crippen MR) is 72.7 cm³/mol. The third-order valence-corrected chi connectivity index (χ3v) is 4.07. The van der Waals surface area contributed by atoms with Gasteiger partial charge in [-0.2, -0.15) is 11.8 Å². The Labute approximate surface area is 107 Å². The highest BCUT2D eigenvalue weighted by Gasteiger charge is 2.15. The van der Waals surface area contributed by atoms with E-state index in [0.29, 0.717) is 6.04 Å². The van der Waals surface area contributed by atoms with Crippen molar-refractivity contribution in [1.82, 2.24) is 9.55 Å². The maximum Gasteiger partial charge on any atom is 0.202 e. The number of hydrogen-bond acceptors (Lipinski definition) is 4. The van der Waals surface area contributed by atoms with Crippen molar-refractivity contribution in [2.24, 2.45) is 0 Å². The summed E-state index contributed by atoms with van der Waals surface area (Å²) in [4.78, 5) is 4.39. The summed E-state index contributed by atoms with van der Waals surface area (Å²) in [5.74, 6) is 3.54. The summed E-state index contributed by atoms with van der Waals surface area (Å²) in [6, 6.07) is 0.597. The molecule has 1 aromatic heterocycles. The first-order valence-electron chi connectivity index (χ1n) is 6.24. The second-order valence-electron chi connectivity index (χ2n) is 4.32. The molecule has 0 unspecified atom stereocenters. The first-order valence-corrected chi connectivity index (χ1v) is 7.40. The minimum atomic E-state index is 0.597. The van der Waals surface area contributed by atoms with E-state index in [4.69, 9.17) is 4.74 Å². The van der Waals surface area contributed by atoms with Crippen LogP contribution in [0.1, 0.15) is 19.3 Å². The van der Waals surface area contributed by atoms with Crippen LogP contribution in [0.25, 0.3) is 0 Å². The van der Waals surface area contributed by atoms with Crippen molar-refractivity contribution in [1.29, 1.82) is 0 Å². The Morgan fingerprint density at radius 3 is 3.12 bits per heavy atom. The molecule has 0 spiro atoms. The van der Waals surface area contributed by atoms with Crippen LogP contribution in [0.2, 0.25) is 0 Å². The average molecular weight is 255 g/mol. The number of ether oxygens (including phenoxy) is 1. The predicted octanol–water partition coefficient (Wildman–Crippen LogP) is 2.23. The standard InChI is InChI=1S/C12H21N3OS/c1-16-8-2-6-15-7-5-13-12(15)14-11-3-9-17-10-4-11/h5,7,11H,2-4,6,8-10H2,1H3,(H,13,14). The van der Waals surface area contributed by atoms with Crippen molar-refractivity contribution in [3.8, 4) is 0 Å². The van der Waals surface area contributed by atoms with Crippen LogP contribution in [-0.2, 0) is 11.3 Å². The molecule has 17 heavy (non-hydrogen) atoms. The molecule has 1 saturated heterocycles. The molecular weight excluding hydrogens is 234 g/mol. The summed E-state index contributed by atoms with van der Waals surface area (Å²) in [7, 11) is 1.74. The Kier molecular flexibility index (Phi) is 5.19. The SMILES string of the molecule is COCCCn1ccnc1NC1CCSCC1. The van der Waals surface area contributed by atoms with Gasteiger partial charge in [0.05, 0.1) is 0 Å². The van der Waals surface area contributed by atoms with Crippen LogP contribution in [0.5, 0.6) is 0 Å². The molecule has 0 radical (unpaired) electrons. The van der Waals surface area contributed by atoms with Gasteiger partial charge in [0.1, 0.15) is 0 Å². The molecule has 5 heteroatoms. The molecule has 0 bridgehead atoms. The lowest BCUT2D eigenvalue weighted by Gasteiger charge is -2.23. The van der Waals surface area contributed by atoms with Gasteiger partial charge in [-0.15, -0.1) is 0 Å². The maximum absolute atomic E-state index is 5.07. The lowest BCUT2D eigenvalue weighted by Crippen LogP contribution is -2.26. The van der Waals surface area contributed by atoms with Crippen molar-refractivity contribution in [2.45, 2.75) is 31.8 Å². The third-order valence-electron chi connectivity index (χ3n) is 3.02. The van der Waals surface area contributed by atoms with Crippen LogP contribution in [0.4, 0.5) is 5.95 Å². The molecule has 0 atom stereocenters. The van der Waals surface area contributed by atoms with E-state index < -0.39 is 0 Å². The van der Waals surface area contributed by atoms with Gasteiger partial charge in [-0.3, -0.25) is 0 Å². The number of methoxy groups -OCH3 is 1. The van der Waals surface area contributed by atoms with E-state index in [9.17, 15) is 0 Å². The number of aryl methyl sites for hydroxylation is 1. The van der Waals surface area contributed by atoms with Gasteiger partial charge in [-0.05, 0) is 30.8 Å². The average Bonchev–Trinajstić information content (AvgIpc) is 2.79. The second-order valence-corrected chi connectivity index (χ2v) is 5.55. The van der Waals surface area contributed by atoms with Crippen LogP contribution in [0.3, 0.4) is 0 Å². The summed E-state index contributed by atoms with van der Waals surface area (Å²) in [5, 5.41) is 3.55. The third kappa shape index (κ3) is 3.92. The number of thioether (sulfide) groups is 1. The maximum atomic E-state index is 5.07. The zero-order chi connectivity index (χ0) is 11.9. The first kappa shape index (κ1) is 12.8. The smallest absolute Gasteiger partial charge is 0.202 e. The molecule has 1 N–H and O–H groups in total. The molecule has 4 nitrogen and oxygen atoms in total. The molecule has 1 aromatic rings. The van der Waals surface area contributed by atoms with Gasteiger partial charge in [-0.1, -0.05) is 0 Å². The summed E-state index contributed by atoms with van der Waals surface area (Å²) >= 11 is 2.05.